The molecule has 1 aliphatic carbocycles. The van der Waals surface area contributed by atoms with E-state index in [4.69, 9.17) is 15.0 Å². The maximum Gasteiger partial charge on any atom is 0.164 e. The SMILES string of the molecule is CC1(C)c2ccccc2-c2c1c1cc3c4cc(-c5ccc6c(c5)c5ccccc5n6-c5ccccc5)ccc4n(-c4cccc(-c5nc(-c6ccccc6)nc(-c6ccccc6)n5)c4)c3cc1n2-c1ccccc1. The lowest BCUT2D eigenvalue weighted by Crippen LogP contribution is -2.14. The van der Waals surface area contributed by atoms with Gasteiger partial charge in [-0.3, -0.25) is 0 Å². The van der Waals surface area contributed by atoms with Gasteiger partial charge in [0.2, 0.25) is 0 Å². The maximum absolute atomic E-state index is 5.16. The molecule has 0 bridgehead atoms. The fourth-order valence-corrected chi connectivity index (χ4v) is 12.1. The highest BCUT2D eigenvalue weighted by Gasteiger charge is 2.41. The molecule has 0 spiro atoms. The summed E-state index contributed by atoms with van der Waals surface area (Å²) in [5.41, 5.74) is 19.2. The summed E-state index contributed by atoms with van der Waals surface area (Å²) in [5, 5.41) is 6.10. The molecule has 0 radical (unpaired) electrons. The molecule has 0 saturated heterocycles. The molecule has 348 valence electrons. The first-order chi connectivity index (χ1) is 36.5. The zero-order valence-corrected chi connectivity index (χ0v) is 40.8. The predicted molar refractivity (Wildman–Crippen MR) is 305 cm³/mol. The second kappa shape index (κ2) is 16.2. The highest BCUT2D eigenvalue weighted by Crippen LogP contribution is 2.55. The van der Waals surface area contributed by atoms with Crippen LogP contribution in [-0.4, -0.2) is 28.7 Å². The van der Waals surface area contributed by atoms with E-state index in [1.165, 1.54) is 71.4 Å². The van der Waals surface area contributed by atoms with E-state index in [-0.39, 0.29) is 5.41 Å². The third kappa shape index (κ3) is 6.34. The van der Waals surface area contributed by atoms with Gasteiger partial charge in [-0.25, -0.2) is 15.0 Å². The number of nitrogens with zero attached hydrogens (tertiary/aromatic N) is 6. The van der Waals surface area contributed by atoms with Gasteiger partial charge in [-0.2, -0.15) is 0 Å². The fraction of sp³-hybridized carbons (Fsp3) is 0.0441. The van der Waals surface area contributed by atoms with Crippen LogP contribution in [0.2, 0.25) is 0 Å². The summed E-state index contributed by atoms with van der Waals surface area (Å²) in [7, 11) is 0. The lowest BCUT2D eigenvalue weighted by molar-refractivity contribution is 0.666. The van der Waals surface area contributed by atoms with E-state index in [9.17, 15) is 0 Å². The lowest BCUT2D eigenvalue weighted by Gasteiger charge is -2.21. The van der Waals surface area contributed by atoms with E-state index in [0.29, 0.717) is 17.5 Å². The number of aromatic nitrogens is 6. The zero-order chi connectivity index (χ0) is 49.1. The number of hydrogen-bond acceptors (Lipinski definition) is 3. The first-order valence-corrected chi connectivity index (χ1v) is 25.4. The van der Waals surface area contributed by atoms with Crippen molar-refractivity contribution in [3.05, 3.63) is 254 Å². The van der Waals surface area contributed by atoms with Crippen molar-refractivity contribution in [2.24, 2.45) is 0 Å². The van der Waals surface area contributed by atoms with Crippen molar-refractivity contribution < 1.29 is 0 Å². The third-order valence-electron chi connectivity index (χ3n) is 15.4. The maximum atomic E-state index is 5.16. The van der Waals surface area contributed by atoms with Crippen LogP contribution in [0.25, 0.3) is 128 Å². The molecule has 0 fully saturated rings. The van der Waals surface area contributed by atoms with Crippen LogP contribution in [0.3, 0.4) is 0 Å². The van der Waals surface area contributed by atoms with Gasteiger partial charge in [-0.05, 0) is 101 Å². The number of para-hydroxylation sites is 3. The Kier molecular flexibility index (Phi) is 9.20. The largest absolute Gasteiger partial charge is 0.309 e. The minimum atomic E-state index is -0.230. The molecule has 0 aliphatic heterocycles. The van der Waals surface area contributed by atoms with Gasteiger partial charge >= 0.3 is 0 Å². The Bertz CT molecular complexity index is 4490. The Hall–Kier alpha value is -9.65. The topological polar surface area (TPSA) is 53.5 Å². The molecule has 10 aromatic carbocycles. The van der Waals surface area contributed by atoms with Crippen molar-refractivity contribution in [3.8, 4) is 73.6 Å². The van der Waals surface area contributed by atoms with E-state index in [0.717, 1.165) is 50.3 Å². The molecular weight excluding hydrogens is 901 g/mol. The summed E-state index contributed by atoms with van der Waals surface area (Å²) in [5.74, 6) is 1.88. The van der Waals surface area contributed by atoms with Gasteiger partial charge in [-0.1, -0.05) is 178 Å². The predicted octanol–water partition coefficient (Wildman–Crippen LogP) is 17.0. The highest BCUT2D eigenvalue weighted by atomic mass is 15.0. The third-order valence-corrected chi connectivity index (χ3v) is 15.4. The van der Waals surface area contributed by atoms with Gasteiger partial charge in [0.1, 0.15) is 0 Å². The molecule has 1 aliphatic rings. The molecule has 0 unspecified atom stereocenters. The van der Waals surface area contributed by atoms with Gasteiger partial charge in [-0.15, -0.1) is 0 Å². The molecule has 0 N–H and O–H groups in total. The molecule has 6 nitrogen and oxygen atoms in total. The molecule has 0 amide bonds. The number of benzene rings is 10. The van der Waals surface area contributed by atoms with Crippen molar-refractivity contribution in [1.82, 2.24) is 28.7 Å². The average Bonchev–Trinajstić information content (AvgIpc) is 4.20. The second-order valence-electron chi connectivity index (χ2n) is 20.0. The van der Waals surface area contributed by atoms with E-state index in [1.54, 1.807) is 0 Å². The standard InChI is InChI=1S/C68H46N6/c1-68(2)57-32-17-15-31-52(57)64-63(68)56-41-55-54-40-46(45-34-36-59-53(39-45)51-30-16-18-33-58(51)72(59)48-25-11-5-12-26-48)35-37-60(54)73(61(55)42-62(56)74(64)49-27-13-6-14-28-49)50-29-19-24-47(38-50)67-70-65(43-20-7-3-8-21-43)69-66(71-67)44-22-9-4-10-23-44/h3-42H,1-2H3. The molecule has 0 saturated carbocycles. The quantitative estimate of drug-likeness (QED) is 0.160. The van der Waals surface area contributed by atoms with E-state index in [2.05, 4.69) is 234 Å². The normalized spacial score (nSPS) is 12.8. The van der Waals surface area contributed by atoms with E-state index >= 15 is 0 Å². The molecule has 6 heteroatoms. The van der Waals surface area contributed by atoms with Crippen LogP contribution in [-0.2, 0) is 5.41 Å². The highest BCUT2D eigenvalue weighted by molar-refractivity contribution is 6.17. The molecule has 0 atom stereocenters. The summed E-state index contributed by atoms with van der Waals surface area (Å²) in [6, 6.07) is 87.3. The minimum absolute atomic E-state index is 0.230. The van der Waals surface area contributed by atoms with Crippen LogP contribution >= 0.6 is 0 Å². The molecular formula is C68H46N6. The van der Waals surface area contributed by atoms with Crippen LogP contribution in [0, 0.1) is 0 Å². The van der Waals surface area contributed by atoms with Crippen molar-refractivity contribution in [2.75, 3.05) is 0 Å². The number of rotatable bonds is 7. The smallest absolute Gasteiger partial charge is 0.164 e. The van der Waals surface area contributed by atoms with E-state index < -0.39 is 0 Å². The fourth-order valence-electron chi connectivity index (χ4n) is 12.1. The Morgan fingerprint density at radius 1 is 0.297 bits per heavy atom. The van der Waals surface area contributed by atoms with Crippen LogP contribution < -0.4 is 0 Å². The Morgan fingerprint density at radius 3 is 1.41 bits per heavy atom. The second-order valence-corrected chi connectivity index (χ2v) is 20.0. The van der Waals surface area contributed by atoms with Gasteiger partial charge in [0.15, 0.2) is 17.5 Å². The molecule has 4 heterocycles. The average molecular weight is 947 g/mol. The molecule has 15 rings (SSSR count). The van der Waals surface area contributed by atoms with Crippen LogP contribution in [0.1, 0.15) is 25.0 Å². The monoisotopic (exact) mass is 946 g/mol. The van der Waals surface area contributed by atoms with Crippen LogP contribution in [0.15, 0.2) is 243 Å². The number of hydrogen-bond donors (Lipinski definition) is 0. The van der Waals surface area contributed by atoms with Gasteiger partial charge in [0.05, 0.1) is 33.3 Å². The minimum Gasteiger partial charge on any atom is -0.309 e. The van der Waals surface area contributed by atoms with Gasteiger partial charge in [0.25, 0.3) is 0 Å². The first-order valence-electron chi connectivity index (χ1n) is 25.4. The summed E-state index contributed by atoms with van der Waals surface area (Å²) in [6.07, 6.45) is 0. The zero-order valence-electron chi connectivity index (χ0n) is 40.8. The van der Waals surface area contributed by atoms with Crippen molar-refractivity contribution >= 4 is 54.5 Å². The van der Waals surface area contributed by atoms with Crippen LogP contribution in [0.4, 0.5) is 0 Å². The summed E-state index contributed by atoms with van der Waals surface area (Å²) in [4.78, 5) is 15.3. The number of fused-ring (bicyclic) bond motifs is 11. The summed E-state index contributed by atoms with van der Waals surface area (Å²) in [6.45, 7) is 4.78. The van der Waals surface area contributed by atoms with Gasteiger partial charge in [0, 0.05) is 71.7 Å². The van der Waals surface area contributed by atoms with Crippen molar-refractivity contribution in [3.63, 3.8) is 0 Å². The molecule has 14 aromatic rings. The lowest BCUT2D eigenvalue weighted by atomic mass is 9.81. The van der Waals surface area contributed by atoms with Gasteiger partial charge < -0.3 is 13.7 Å². The van der Waals surface area contributed by atoms with Crippen molar-refractivity contribution in [2.45, 2.75) is 19.3 Å². The summed E-state index contributed by atoms with van der Waals surface area (Å²) < 4.78 is 7.33. The molecule has 4 aromatic heterocycles. The first kappa shape index (κ1) is 42.1. The Balaban J connectivity index is 0.989. The van der Waals surface area contributed by atoms with Crippen LogP contribution in [0.5, 0.6) is 0 Å². The summed E-state index contributed by atoms with van der Waals surface area (Å²) >= 11 is 0. The Labute approximate surface area is 427 Å². The molecule has 74 heavy (non-hydrogen) atoms. The van der Waals surface area contributed by atoms with E-state index in [1.807, 2.05) is 36.4 Å². The Morgan fingerprint density at radius 2 is 0.757 bits per heavy atom. The van der Waals surface area contributed by atoms with Crippen molar-refractivity contribution in [1.29, 1.82) is 0 Å².